The average Bonchev–Trinajstić information content (AvgIpc) is 2.82. The topological polar surface area (TPSA) is 63.9 Å². The molecule has 0 atom stereocenters. The number of rotatable bonds is 4. The predicted molar refractivity (Wildman–Crippen MR) is 77.4 cm³/mol. The van der Waals surface area contributed by atoms with Crippen molar-refractivity contribution >= 4 is 0 Å². The Bertz CT molecular complexity index is 555. The van der Waals surface area contributed by atoms with Crippen molar-refractivity contribution in [3.05, 3.63) is 35.8 Å². The molecule has 0 saturated heterocycles. The van der Waals surface area contributed by atoms with E-state index in [-0.39, 0.29) is 5.41 Å². The van der Waals surface area contributed by atoms with Gasteiger partial charge in [0.1, 0.15) is 11.6 Å². The molecule has 1 heterocycles. The molecule has 0 aliphatic rings. The highest BCUT2D eigenvalue weighted by Gasteiger charge is 2.23. The fourth-order valence-corrected chi connectivity index (χ4v) is 1.91. The number of nitrogens with zero attached hydrogens (tertiary/aromatic N) is 1. The van der Waals surface area contributed by atoms with Gasteiger partial charge in [0.15, 0.2) is 0 Å². The van der Waals surface area contributed by atoms with Crippen LogP contribution in [0.2, 0.25) is 0 Å². The van der Waals surface area contributed by atoms with Gasteiger partial charge in [-0.15, -0.1) is 0 Å². The summed E-state index contributed by atoms with van der Waals surface area (Å²) in [7, 11) is 1.66. The summed E-state index contributed by atoms with van der Waals surface area (Å²) in [5, 5.41) is 0. The van der Waals surface area contributed by atoms with E-state index in [9.17, 15) is 0 Å². The smallest absolute Gasteiger partial charge is 0.118 e. The SMILES string of the molecule is COc1ccc(-c2nc(C(C)(C)CN)[nH]c2C)cc1. The molecule has 0 bridgehead atoms. The quantitative estimate of drug-likeness (QED) is 0.887. The first-order chi connectivity index (χ1) is 8.97. The molecule has 0 spiro atoms. The summed E-state index contributed by atoms with van der Waals surface area (Å²) in [6, 6.07) is 7.91. The number of hydrogen-bond acceptors (Lipinski definition) is 3. The van der Waals surface area contributed by atoms with Gasteiger partial charge in [0.2, 0.25) is 0 Å². The molecule has 19 heavy (non-hydrogen) atoms. The van der Waals surface area contributed by atoms with Crippen LogP contribution in [0.3, 0.4) is 0 Å². The van der Waals surface area contributed by atoms with Gasteiger partial charge in [0.05, 0.1) is 12.8 Å². The summed E-state index contributed by atoms with van der Waals surface area (Å²) in [6.45, 7) is 6.76. The van der Waals surface area contributed by atoms with E-state index in [1.165, 1.54) is 0 Å². The van der Waals surface area contributed by atoms with Crippen LogP contribution in [0.5, 0.6) is 5.75 Å². The molecule has 0 aliphatic heterocycles. The van der Waals surface area contributed by atoms with Crippen molar-refractivity contribution in [3.8, 4) is 17.0 Å². The number of benzene rings is 1. The van der Waals surface area contributed by atoms with Crippen LogP contribution in [-0.4, -0.2) is 23.6 Å². The van der Waals surface area contributed by atoms with Gasteiger partial charge in [-0.25, -0.2) is 4.98 Å². The highest BCUT2D eigenvalue weighted by molar-refractivity contribution is 5.63. The highest BCUT2D eigenvalue weighted by Crippen LogP contribution is 2.27. The van der Waals surface area contributed by atoms with Gasteiger partial charge in [0.25, 0.3) is 0 Å². The van der Waals surface area contributed by atoms with Gasteiger partial charge in [-0.1, -0.05) is 13.8 Å². The molecular formula is C15H21N3O. The maximum atomic E-state index is 5.80. The van der Waals surface area contributed by atoms with E-state index < -0.39 is 0 Å². The Morgan fingerprint density at radius 2 is 1.89 bits per heavy atom. The minimum Gasteiger partial charge on any atom is -0.497 e. The Morgan fingerprint density at radius 3 is 2.42 bits per heavy atom. The lowest BCUT2D eigenvalue weighted by Gasteiger charge is -2.18. The number of nitrogens with two attached hydrogens (primary N) is 1. The molecule has 3 N–H and O–H groups in total. The standard InChI is InChI=1S/C15H21N3O/c1-10-13(11-5-7-12(19-4)8-6-11)18-14(17-10)15(2,3)9-16/h5-8H,9,16H2,1-4H3,(H,17,18). The van der Waals surface area contributed by atoms with Crippen LogP contribution in [-0.2, 0) is 5.41 Å². The minimum atomic E-state index is -0.143. The molecule has 102 valence electrons. The van der Waals surface area contributed by atoms with Gasteiger partial charge >= 0.3 is 0 Å². The first kappa shape index (κ1) is 13.6. The lowest BCUT2D eigenvalue weighted by molar-refractivity contribution is 0.415. The van der Waals surface area contributed by atoms with E-state index in [1.807, 2.05) is 31.2 Å². The van der Waals surface area contributed by atoms with Crippen molar-refractivity contribution in [2.45, 2.75) is 26.2 Å². The van der Waals surface area contributed by atoms with E-state index in [0.29, 0.717) is 6.54 Å². The maximum Gasteiger partial charge on any atom is 0.118 e. The zero-order valence-corrected chi connectivity index (χ0v) is 11.9. The number of methoxy groups -OCH3 is 1. The first-order valence-electron chi connectivity index (χ1n) is 6.39. The van der Waals surface area contributed by atoms with Crippen LogP contribution in [0.4, 0.5) is 0 Å². The number of H-pyrrole nitrogens is 1. The Balaban J connectivity index is 2.40. The second kappa shape index (κ2) is 5.05. The monoisotopic (exact) mass is 259 g/mol. The molecule has 4 nitrogen and oxygen atoms in total. The van der Waals surface area contributed by atoms with Crippen molar-refractivity contribution in [1.82, 2.24) is 9.97 Å². The number of hydrogen-bond donors (Lipinski definition) is 2. The molecule has 0 saturated carbocycles. The van der Waals surface area contributed by atoms with E-state index in [0.717, 1.165) is 28.5 Å². The van der Waals surface area contributed by atoms with Gasteiger partial charge in [0, 0.05) is 23.2 Å². The third-order valence-electron chi connectivity index (χ3n) is 3.40. The van der Waals surface area contributed by atoms with E-state index in [1.54, 1.807) is 7.11 Å². The first-order valence-corrected chi connectivity index (χ1v) is 6.39. The second-order valence-electron chi connectivity index (χ2n) is 5.38. The lowest BCUT2D eigenvalue weighted by atomic mass is 9.93. The molecule has 0 aliphatic carbocycles. The molecule has 2 aromatic rings. The van der Waals surface area contributed by atoms with Crippen molar-refractivity contribution in [2.75, 3.05) is 13.7 Å². The van der Waals surface area contributed by atoms with Crippen LogP contribution in [0.1, 0.15) is 25.4 Å². The lowest BCUT2D eigenvalue weighted by Crippen LogP contribution is -2.29. The summed E-state index contributed by atoms with van der Waals surface area (Å²) < 4.78 is 5.17. The molecule has 1 aromatic heterocycles. The van der Waals surface area contributed by atoms with E-state index >= 15 is 0 Å². The normalized spacial score (nSPS) is 11.6. The molecule has 2 rings (SSSR count). The van der Waals surface area contributed by atoms with Crippen LogP contribution in [0.15, 0.2) is 24.3 Å². The van der Waals surface area contributed by atoms with E-state index in [4.69, 9.17) is 15.5 Å². The molecule has 1 aromatic carbocycles. The average molecular weight is 259 g/mol. The molecule has 0 fully saturated rings. The fourth-order valence-electron chi connectivity index (χ4n) is 1.91. The third kappa shape index (κ3) is 2.63. The molecule has 4 heteroatoms. The summed E-state index contributed by atoms with van der Waals surface area (Å²) in [5.41, 5.74) is 8.76. The zero-order valence-electron chi connectivity index (χ0n) is 11.9. The third-order valence-corrected chi connectivity index (χ3v) is 3.40. The summed E-state index contributed by atoms with van der Waals surface area (Å²) in [6.07, 6.45) is 0. The van der Waals surface area contributed by atoms with E-state index in [2.05, 4.69) is 18.8 Å². The predicted octanol–water partition coefficient (Wildman–Crippen LogP) is 2.63. The van der Waals surface area contributed by atoms with Gasteiger partial charge in [-0.05, 0) is 31.2 Å². The summed E-state index contributed by atoms with van der Waals surface area (Å²) in [5.74, 6) is 1.78. The van der Waals surface area contributed by atoms with Crippen LogP contribution >= 0.6 is 0 Å². The summed E-state index contributed by atoms with van der Waals surface area (Å²) >= 11 is 0. The van der Waals surface area contributed by atoms with Crippen molar-refractivity contribution in [1.29, 1.82) is 0 Å². The molecular weight excluding hydrogens is 238 g/mol. The van der Waals surface area contributed by atoms with Gasteiger partial charge in [-0.3, -0.25) is 0 Å². The zero-order chi connectivity index (χ0) is 14.0. The Labute approximate surface area is 114 Å². The van der Waals surface area contributed by atoms with Gasteiger partial charge < -0.3 is 15.5 Å². The van der Waals surface area contributed by atoms with Crippen molar-refractivity contribution in [2.24, 2.45) is 5.73 Å². The molecule has 0 amide bonds. The number of aromatic amines is 1. The number of aryl methyl sites for hydroxylation is 1. The largest absolute Gasteiger partial charge is 0.497 e. The summed E-state index contributed by atoms with van der Waals surface area (Å²) in [4.78, 5) is 8.04. The van der Waals surface area contributed by atoms with Crippen molar-refractivity contribution < 1.29 is 4.74 Å². The number of aromatic nitrogens is 2. The highest BCUT2D eigenvalue weighted by atomic mass is 16.5. The Kier molecular flexibility index (Phi) is 3.62. The second-order valence-corrected chi connectivity index (χ2v) is 5.38. The van der Waals surface area contributed by atoms with Crippen molar-refractivity contribution in [3.63, 3.8) is 0 Å². The minimum absolute atomic E-state index is 0.143. The van der Waals surface area contributed by atoms with Crippen LogP contribution in [0.25, 0.3) is 11.3 Å². The maximum absolute atomic E-state index is 5.80. The van der Waals surface area contributed by atoms with Crippen LogP contribution in [0, 0.1) is 6.92 Å². The number of nitrogens with one attached hydrogen (secondary N) is 1. The molecule has 0 radical (unpaired) electrons. The Hall–Kier alpha value is -1.81. The number of ether oxygens (including phenoxy) is 1. The fraction of sp³-hybridized carbons (Fsp3) is 0.400. The number of imidazole rings is 1. The molecule has 0 unspecified atom stereocenters. The van der Waals surface area contributed by atoms with Crippen LogP contribution < -0.4 is 10.5 Å². The Morgan fingerprint density at radius 1 is 1.26 bits per heavy atom. The van der Waals surface area contributed by atoms with Gasteiger partial charge in [-0.2, -0.15) is 0 Å².